The molecule has 1 aromatic rings. The van der Waals surface area contributed by atoms with Crippen LogP contribution < -0.4 is 12.3 Å². The molecule has 0 aliphatic heterocycles. The predicted octanol–water partition coefficient (Wildman–Crippen LogP) is 1.15. The van der Waals surface area contributed by atoms with Gasteiger partial charge >= 0.3 is 0 Å². The lowest BCUT2D eigenvalue weighted by atomic mass is 10.2. The van der Waals surface area contributed by atoms with Gasteiger partial charge in [0.1, 0.15) is 9.79 Å². The van der Waals surface area contributed by atoms with E-state index in [1.807, 2.05) is 0 Å². The van der Waals surface area contributed by atoms with E-state index in [1.165, 1.54) is 12.1 Å². The van der Waals surface area contributed by atoms with E-state index >= 15 is 0 Å². The van der Waals surface area contributed by atoms with Gasteiger partial charge in [-0.2, -0.15) is 16.8 Å². The van der Waals surface area contributed by atoms with E-state index in [-0.39, 0.29) is 17.9 Å². The predicted molar refractivity (Wildman–Crippen MR) is 66.2 cm³/mol. The van der Waals surface area contributed by atoms with Gasteiger partial charge in [0.15, 0.2) is 0 Å². The van der Waals surface area contributed by atoms with Crippen molar-refractivity contribution in [2.24, 2.45) is 0 Å². The Labute approximate surface area is 105 Å². The van der Waals surface area contributed by atoms with Crippen molar-refractivity contribution in [1.29, 1.82) is 0 Å². The Morgan fingerprint density at radius 1 is 1.00 bits per heavy atom. The third-order valence-electron chi connectivity index (χ3n) is 1.77. The van der Waals surface area contributed by atoms with E-state index in [4.69, 9.17) is 9.11 Å². The Hall–Kier alpha value is -1.30. The molecule has 0 aliphatic rings. The van der Waals surface area contributed by atoms with E-state index in [9.17, 15) is 16.8 Å². The summed E-state index contributed by atoms with van der Waals surface area (Å²) in [5, 5.41) is 0. The van der Waals surface area contributed by atoms with E-state index in [0.717, 1.165) is 12.1 Å². The molecule has 0 saturated heterocycles. The van der Waals surface area contributed by atoms with Crippen molar-refractivity contribution in [2.75, 3.05) is 0 Å². The molecule has 0 bridgehead atoms. The van der Waals surface area contributed by atoms with Crippen LogP contribution in [0.2, 0.25) is 0 Å². The topological polar surface area (TPSA) is 179 Å². The molecule has 8 N–H and O–H groups in total. The minimum absolute atomic E-state index is 0. The van der Waals surface area contributed by atoms with Gasteiger partial charge in [0.05, 0.1) is 0 Å². The molecule has 0 amide bonds. The van der Waals surface area contributed by atoms with Crippen LogP contribution >= 0.6 is 0 Å². The largest absolute Gasteiger partial charge is 0.344 e. The molecule has 104 valence electrons. The second-order valence-electron chi connectivity index (χ2n) is 2.83. The fourth-order valence-corrected chi connectivity index (χ4v) is 3.18. The fraction of sp³-hybridized carbons (Fsp3) is 0. The highest BCUT2D eigenvalue weighted by Gasteiger charge is 2.25. The molecule has 18 heavy (non-hydrogen) atoms. The van der Waals surface area contributed by atoms with Gasteiger partial charge in [-0.3, -0.25) is 9.11 Å². The minimum atomic E-state index is -4.77. The summed E-state index contributed by atoms with van der Waals surface area (Å²) in [6.07, 6.45) is 1.05. The first-order valence-corrected chi connectivity index (χ1v) is 6.76. The molecule has 8 nitrogen and oxygen atoms in total. The van der Waals surface area contributed by atoms with Gasteiger partial charge in [-0.15, -0.1) is 0 Å². The molecule has 0 heterocycles. The van der Waals surface area contributed by atoms with Gasteiger partial charge < -0.3 is 12.3 Å². The molecular formula is C8H14N2O6S2. The third kappa shape index (κ3) is 3.87. The first-order valence-electron chi connectivity index (χ1n) is 3.88. The van der Waals surface area contributed by atoms with Crippen molar-refractivity contribution in [3.8, 4) is 0 Å². The minimum Gasteiger partial charge on any atom is -0.344 e. The molecule has 0 fully saturated rings. The molecule has 0 radical (unpaired) electrons. The SMILES string of the molecule is C=Cc1cccc(S(=O)(=O)O)c1S(=O)(=O)O.N.N. The van der Waals surface area contributed by atoms with Crippen molar-refractivity contribution >= 4 is 26.3 Å². The molecular weight excluding hydrogens is 284 g/mol. The maximum absolute atomic E-state index is 11.0. The Bertz CT molecular complexity index is 636. The highest BCUT2D eigenvalue weighted by atomic mass is 32.2. The number of rotatable bonds is 3. The average molecular weight is 298 g/mol. The lowest BCUT2D eigenvalue weighted by Gasteiger charge is -2.07. The maximum atomic E-state index is 11.0. The smallest absolute Gasteiger partial charge is 0.296 e. The van der Waals surface area contributed by atoms with Crippen LogP contribution in [0.3, 0.4) is 0 Å². The zero-order valence-electron chi connectivity index (χ0n) is 9.27. The van der Waals surface area contributed by atoms with E-state index in [1.54, 1.807) is 0 Å². The van der Waals surface area contributed by atoms with Gasteiger partial charge in [-0.25, -0.2) is 0 Å². The van der Waals surface area contributed by atoms with Crippen molar-refractivity contribution < 1.29 is 25.9 Å². The summed E-state index contributed by atoms with van der Waals surface area (Å²) in [6.45, 7) is 3.28. The Morgan fingerprint density at radius 2 is 1.50 bits per heavy atom. The van der Waals surface area contributed by atoms with Crippen molar-refractivity contribution in [2.45, 2.75) is 9.79 Å². The summed E-state index contributed by atoms with van der Waals surface area (Å²) in [6, 6.07) is 3.32. The number of hydrogen-bond acceptors (Lipinski definition) is 6. The van der Waals surface area contributed by atoms with Crippen LogP contribution in [0.4, 0.5) is 0 Å². The third-order valence-corrected chi connectivity index (χ3v) is 3.76. The van der Waals surface area contributed by atoms with Crippen LogP contribution in [-0.4, -0.2) is 25.9 Å². The van der Waals surface area contributed by atoms with Crippen LogP contribution in [0.5, 0.6) is 0 Å². The van der Waals surface area contributed by atoms with Crippen molar-refractivity contribution in [3.63, 3.8) is 0 Å². The van der Waals surface area contributed by atoms with E-state index in [0.29, 0.717) is 0 Å². The highest BCUT2D eigenvalue weighted by Crippen LogP contribution is 2.25. The van der Waals surface area contributed by atoms with Crippen LogP contribution in [-0.2, 0) is 20.2 Å². The van der Waals surface area contributed by atoms with Gasteiger partial charge in [0.25, 0.3) is 20.2 Å². The van der Waals surface area contributed by atoms with Crippen LogP contribution in [0.1, 0.15) is 5.56 Å². The van der Waals surface area contributed by atoms with Gasteiger partial charge in [-0.05, 0) is 11.6 Å². The molecule has 0 aromatic heterocycles. The Kier molecular flexibility index (Phi) is 6.39. The Balaban J connectivity index is 0. The molecule has 0 spiro atoms. The van der Waals surface area contributed by atoms with Crippen LogP contribution in [0.15, 0.2) is 34.6 Å². The fourth-order valence-electron chi connectivity index (χ4n) is 1.17. The molecule has 0 atom stereocenters. The molecule has 0 aliphatic carbocycles. The normalized spacial score (nSPS) is 11.0. The maximum Gasteiger partial charge on any atom is 0.296 e. The summed E-state index contributed by atoms with van der Waals surface area (Å²) < 4.78 is 61.6. The Morgan fingerprint density at radius 3 is 1.83 bits per heavy atom. The summed E-state index contributed by atoms with van der Waals surface area (Å²) in [5.74, 6) is 0. The summed E-state index contributed by atoms with van der Waals surface area (Å²) >= 11 is 0. The van der Waals surface area contributed by atoms with Crippen LogP contribution in [0.25, 0.3) is 6.08 Å². The quantitative estimate of drug-likeness (QED) is 0.599. The average Bonchev–Trinajstić information content (AvgIpc) is 2.13. The molecule has 10 heteroatoms. The summed E-state index contributed by atoms with van der Waals surface area (Å²) in [4.78, 5) is -1.76. The van der Waals surface area contributed by atoms with E-state index < -0.39 is 30.0 Å². The van der Waals surface area contributed by atoms with Gasteiger partial charge in [0.2, 0.25) is 0 Å². The lowest BCUT2D eigenvalue weighted by molar-refractivity contribution is 0.466. The molecule has 0 unspecified atom stereocenters. The highest BCUT2D eigenvalue weighted by molar-refractivity contribution is 7.89. The number of hydrogen-bond donors (Lipinski definition) is 4. The van der Waals surface area contributed by atoms with Gasteiger partial charge in [0, 0.05) is 0 Å². The molecule has 1 rings (SSSR count). The lowest BCUT2D eigenvalue weighted by Crippen LogP contribution is -2.10. The van der Waals surface area contributed by atoms with E-state index in [2.05, 4.69) is 6.58 Å². The summed E-state index contributed by atoms with van der Waals surface area (Å²) in [5.41, 5.74) is -0.113. The summed E-state index contributed by atoms with van der Waals surface area (Å²) in [7, 11) is -9.51. The zero-order valence-corrected chi connectivity index (χ0v) is 10.9. The molecule has 1 aromatic carbocycles. The number of benzene rings is 1. The zero-order chi connectivity index (χ0) is 12.6. The first kappa shape index (κ1) is 19.0. The van der Waals surface area contributed by atoms with Gasteiger partial charge in [-0.1, -0.05) is 24.8 Å². The first-order chi connectivity index (χ1) is 7.18. The monoisotopic (exact) mass is 298 g/mol. The standard InChI is InChI=1S/C8H8O6S2.2H3N/c1-2-6-4-3-5-7(15(9,10)11)8(6)16(12,13)14;;/h2-5H,1H2,(H,9,10,11)(H,12,13,14);2*1H3. The van der Waals surface area contributed by atoms with Crippen molar-refractivity contribution in [1.82, 2.24) is 12.3 Å². The second-order valence-corrected chi connectivity index (χ2v) is 5.58. The molecule has 0 saturated carbocycles. The van der Waals surface area contributed by atoms with Crippen LogP contribution in [0, 0.1) is 0 Å². The van der Waals surface area contributed by atoms with Crippen molar-refractivity contribution in [3.05, 3.63) is 30.3 Å². The second kappa shape index (κ2) is 6.04.